The van der Waals surface area contributed by atoms with Gasteiger partial charge in [0.25, 0.3) is 10.0 Å². The van der Waals surface area contributed by atoms with Crippen LogP contribution in [0.1, 0.15) is 5.56 Å². The Kier molecular flexibility index (Phi) is 5.18. The Morgan fingerprint density at radius 1 is 1.44 bits per heavy atom. The fourth-order valence-corrected chi connectivity index (χ4v) is 2.12. The van der Waals surface area contributed by atoms with Crippen LogP contribution in [-0.2, 0) is 19.6 Å². The van der Waals surface area contributed by atoms with Gasteiger partial charge >= 0.3 is 0 Å². The zero-order chi connectivity index (χ0) is 13.6. The Hall–Kier alpha value is -1.53. The first-order valence-electron chi connectivity index (χ1n) is 4.84. The highest BCUT2D eigenvalue weighted by atomic mass is 32.2. The Morgan fingerprint density at radius 2 is 2.17 bits per heavy atom. The molecule has 0 aromatic heterocycles. The van der Waals surface area contributed by atoms with Gasteiger partial charge in [-0.2, -0.15) is 5.26 Å². The number of ether oxygens (including phenoxy) is 1. The van der Waals surface area contributed by atoms with Gasteiger partial charge in [-0.1, -0.05) is 11.0 Å². The Bertz CT molecular complexity index is 553. The molecule has 0 spiro atoms. The van der Waals surface area contributed by atoms with Gasteiger partial charge in [0.2, 0.25) is 0 Å². The molecule has 1 aromatic rings. The SMILES string of the molecule is COCCONS(=O)(=O)c1cccc(F)c1C#N. The van der Waals surface area contributed by atoms with E-state index in [2.05, 4.69) is 9.57 Å². The smallest absolute Gasteiger partial charge is 0.263 e. The van der Waals surface area contributed by atoms with E-state index in [1.807, 2.05) is 0 Å². The van der Waals surface area contributed by atoms with Crippen molar-refractivity contribution in [2.75, 3.05) is 20.3 Å². The Balaban J connectivity index is 2.93. The molecule has 0 aliphatic carbocycles. The summed E-state index contributed by atoms with van der Waals surface area (Å²) in [7, 11) is -2.67. The molecule has 0 saturated heterocycles. The predicted octanol–water partition coefficient (Wildman–Crippen LogP) is 0.554. The molecule has 0 unspecified atom stereocenters. The summed E-state index contributed by atoms with van der Waals surface area (Å²) in [6.07, 6.45) is 0. The number of methoxy groups -OCH3 is 1. The van der Waals surface area contributed by atoms with Crippen LogP contribution in [-0.4, -0.2) is 28.7 Å². The molecule has 0 aliphatic rings. The van der Waals surface area contributed by atoms with Crippen molar-refractivity contribution in [3.05, 3.63) is 29.6 Å². The minimum atomic E-state index is -4.10. The van der Waals surface area contributed by atoms with E-state index in [0.717, 1.165) is 12.1 Å². The molecular formula is C10H11FN2O4S. The molecule has 98 valence electrons. The first-order valence-corrected chi connectivity index (χ1v) is 6.32. The number of nitriles is 1. The minimum absolute atomic E-state index is 0.00701. The standard InChI is InChI=1S/C10H11FN2O4S/c1-16-5-6-17-13-18(14,15)10-4-2-3-9(11)8(10)7-12/h2-4,13H,5-6H2,1H3. The Morgan fingerprint density at radius 3 is 2.78 bits per heavy atom. The normalized spacial score (nSPS) is 11.2. The van der Waals surface area contributed by atoms with Gasteiger partial charge in [-0.3, -0.25) is 4.84 Å². The molecule has 1 N–H and O–H groups in total. The number of benzene rings is 1. The third-order valence-electron chi connectivity index (χ3n) is 1.93. The molecule has 0 amide bonds. The zero-order valence-corrected chi connectivity index (χ0v) is 10.3. The quantitative estimate of drug-likeness (QED) is 0.604. The molecule has 6 nitrogen and oxygen atoms in total. The monoisotopic (exact) mass is 274 g/mol. The van der Waals surface area contributed by atoms with E-state index in [9.17, 15) is 12.8 Å². The summed E-state index contributed by atoms with van der Waals surface area (Å²) in [6, 6.07) is 4.81. The van der Waals surface area contributed by atoms with E-state index in [1.165, 1.54) is 19.2 Å². The summed E-state index contributed by atoms with van der Waals surface area (Å²) < 4.78 is 41.4. The maximum atomic E-state index is 13.2. The number of sulfonamides is 1. The molecule has 0 saturated carbocycles. The number of rotatable bonds is 6. The third kappa shape index (κ3) is 3.48. The molecule has 0 radical (unpaired) electrons. The van der Waals surface area contributed by atoms with Gasteiger partial charge in [-0.25, -0.2) is 12.8 Å². The second kappa shape index (κ2) is 6.42. The molecular weight excluding hydrogens is 263 g/mol. The van der Waals surface area contributed by atoms with Crippen molar-refractivity contribution in [3.8, 4) is 6.07 Å². The Labute approximate surface area is 104 Å². The molecule has 8 heteroatoms. The summed E-state index contributed by atoms with van der Waals surface area (Å²) in [5, 5.41) is 8.73. The van der Waals surface area contributed by atoms with Crippen molar-refractivity contribution in [2.24, 2.45) is 0 Å². The number of nitrogens with zero attached hydrogens (tertiary/aromatic N) is 1. The van der Waals surface area contributed by atoms with Gasteiger partial charge < -0.3 is 4.74 Å². The lowest BCUT2D eigenvalue weighted by molar-refractivity contribution is 0.0438. The average Bonchev–Trinajstić information content (AvgIpc) is 2.34. The van der Waals surface area contributed by atoms with Gasteiger partial charge in [-0.05, 0) is 12.1 Å². The van der Waals surface area contributed by atoms with Crippen LogP contribution in [0.15, 0.2) is 23.1 Å². The van der Waals surface area contributed by atoms with Gasteiger partial charge in [0, 0.05) is 7.11 Å². The van der Waals surface area contributed by atoms with E-state index in [0.29, 0.717) is 0 Å². The molecule has 1 aromatic carbocycles. The third-order valence-corrected chi connectivity index (χ3v) is 3.19. The van der Waals surface area contributed by atoms with Crippen molar-refractivity contribution in [2.45, 2.75) is 4.90 Å². The lowest BCUT2D eigenvalue weighted by Gasteiger charge is -2.08. The van der Waals surface area contributed by atoms with E-state index >= 15 is 0 Å². The summed E-state index contributed by atoms with van der Waals surface area (Å²) in [5.74, 6) is -0.905. The molecule has 0 aliphatic heterocycles. The number of halogens is 1. The van der Waals surface area contributed by atoms with Crippen LogP contribution in [0.4, 0.5) is 4.39 Å². The number of nitrogens with one attached hydrogen (secondary N) is 1. The number of hydrogen-bond acceptors (Lipinski definition) is 5. The minimum Gasteiger partial charge on any atom is -0.382 e. The van der Waals surface area contributed by atoms with Gasteiger partial charge in [0.15, 0.2) is 0 Å². The highest BCUT2D eigenvalue weighted by Crippen LogP contribution is 2.17. The molecule has 0 bridgehead atoms. The molecule has 0 atom stereocenters. The zero-order valence-electron chi connectivity index (χ0n) is 9.51. The second-order valence-electron chi connectivity index (χ2n) is 3.15. The summed E-state index contributed by atoms with van der Waals surface area (Å²) in [4.78, 5) is 5.95. The first-order chi connectivity index (χ1) is 8.53. The highest BCUT2D eigenvalue weighted by molar-refractivity contribution is 7.89. The fourth-order valence-electron chi connectivity index (χ4n) is 1.13. The number of hydrogen-bond donors (Lipinski definition) is 1. The van der Waals surface area contributed by atoms with E-state index in [4.69, 9.17) is 5.26 Å². The van der Waals surface area contributed by atoms with E-state index in [1.54, 1.807) is 4.89 Å². The van der Waals surface area contributed by atoms with Gasteiger partial charge in [0.05, 0.1) is 13.2 Å². The lowest BCUT2D eigenvalue weighted by Crippen LogP contribution is -2.26. The first kappa shape index (κ1) is 14.5. The van der Waals surface area contributed by atoms with Crippen LogP contribution >= 0.6 is 0 Å². The fraction of sp³-hybridized carbons (Fsp3) is 0.300. The summed E-state index contributed by atoms with van der Waals surface area (Å²) in [6.45, 7) is 0.184. The van der Waals surface area contributed by atoms with Crippen LogP contribution in [0.2, 0.25) is 0 Å². The highest BCUT2D eigenvalue weighted by Gasteiger charge is 2.21. The summed E-state index contributed by atoms with van der Waals surface area (Å²) >= 11 is 0. The topological polar surface area (TPSA) is 88.4 Å². The van der Waals surface area contributed by atoms with Crippen LogP contribution in [0.3, 0.4) is 0 Å². The predicted molar refractivity (Wildman–Crippen MR) is 59.3 cm³/mol. The largest absolute Gasteiger partial charge is 0.382 e. The molecule has 0 fully saturated rings. The maximum Gasteiger partial charge on any atom is 0.263 e. The van der Waals surface area contributed by atoms with Crippen LogP contribution in [0, 0.1) is 17.1 Å². The van der Waals surface area contributed by atoms with Crippen LogP contribution in [0.25, 0.3) is 0 Å². The van der Waals surface area contributed by atoms with Crippen molar-refractivity contribution in [1.29, 1.82) is 5.26 Å². The molecule has 0 heterocycles. The maximum absolute atomic E-state index is 13.2. The van der Waals surface area contributed by atoms with Crippen molar-refractivity contribution in [1.82, 2.24) is 4.89 Å². The second-order valence-corrected chi connectivity index (χ2v) is 4.77. The van der Waals surface area contributed by atoms with Gasteiger partial charge in [0.1, 0.15) is 22.3 Å². The van der Waals surface area contributed by atoms with Crippen molar-refractivity contribution in [3.63, 3.8) is 0 Å². The molecule has 1 rings (SSSR count). The average molecular weight is 274 g/mol. The van der Waals surface area contributed by atoms with Crippen LogP contribution in [0.5, 0.6) is 0 Å². The van der Waals surface area contributed by atoms with Crippen molar-refractivity contribution < 1.29 is 22.4 Å². The van der Waals surface area contributed by atoms with Crippen molar-refractivity contribution >= 4 is 10.0 Å². The summed E-state index contributed by atoms with van der Waals surface area (Å²) in [5.41, 5.74) is -0.555. The van der Waals surface area contributed by atoms with E-state index < -0.39 is 26.3 Å². The van der Waals surface area contributed by atoms with Gasteiger partial charge in [-0.15, -0.1) is 0 Å². The van der Waals surface area contributed by atoms with Crippen LogP contribution < -0.4 is 4.89 Å². The molecule has 18 heavy (non-hydrogen) atoms. The van der Waals surface area contributed by atoms with E-state index in [-0.39, 0.29) is 13.2 Å². The lowest BCUT2D eigenvalue weighted by atomic mass is 10.2.